The number of aryl methyl sites for hydroxylation is 2. The maximum atomic E-state index is 5.53. The summed E-state index contributed by atoms with van der Waals surface area (Å²) >= 11 is 3.59. The van der Waals surface area contributed by atoms with Gasteiger partial charge in [0.15, 0.2) is 0 Å². The zero-order valence-electron chi connectivity index (χ0n) is 8.83. The molecule has 0 radical (unpaired) electrons. The van der Waals surface area contributed by atoms with Crippen LogP contribution in [0.3, 0.4) is 0 Å². The molecule has 0 bridgehead atoms. The molecule has 0 spiro atoms. The number of benzene rings is 1. The fourth-order valence-electron chi connectivity index (χ4n) is 1.81. The Morgan fingerprint density at radius 2 is 2.20 bits per heavy atom. The Bertz CT molecular complexity index is 474. The van der Waals surface area contributed by atoms with Crippen molar-refractivity contribution in [2.45, 2.75) is 19.9 Å². The first-order chi connectivity index (χ1) is 7.22. The molecular weight excluding hydrogens is 252 g/mol. The summed E-state index contributed by atoms with van der Waals surface area (Å²) in [5, 5.41) is 1.28. The third-order valence-electron chi connectivity index (χ3n) is 2.59. The second-order valence-corrected chi connectivity index (χ2v) is 4.69. The molecule has 1 aromatic heterocycles. The Labute approximate surface area is 98.2 Å². The molecule has 0 atom stereocenters. The number of halogens is 1. The van der Waals surface area contributed by atoms with Crippen LogP contribution in [0.25, 0.3) is 10.9 Å². The number of nitrogens with zero attached hydrogens (tertiary/aromatic N) is 1. The van der Waals surface area contributed by atoms with E-state index in [0.29, 0.717) is 0 Å². The van der Waals surface area contributed by atoms with Gasteiger partial charge in [0.05, 0.1) is 0 Å². The minimum Gasteiger partial charge on any atom is -0.346 e. The second-order valence-electron chi connectivity index (χ2n) is 3.83. The summed E-state index contributed by atoms with van der Waals surface area (Å²) in [5.74, 6) is 0. The summed E-state index contributed by atoms with van der Waals surface area (Å²) in [4.78, 5) is 0. The van der Waals surface area contributed by atoms with Crippen molar-refractivity contribution in [1.29, 1.82) is 0 Å². The van der Waals surface area contributed by atoms with Crippen molar-refractivity contribution in [2.75, 3.05) is 6.54 Å². The summed E-state index contributed by atoms with van der Waals surface area (Å²) in [5.41, 5.74) is 8.10. The summed E-state index contributed by atoms with van der Waals surface area (Å²) in [7, 11) is 0. The normalized spacial score (nSPS) is 11.1. The molecule has 80 valence electrons. The van der Waals surface area contributed by atoms with Crippen LogP contribution in [0.1, 0.15) is 12.0 Å². The SMILES string of the molecule is Cc1ccc2c(c1)c(Br)cn2CCCN. The largest absolute Gasteiger partial charge is 0.346 e. The van der Waals surface area contributed by atoms with Gasteiger partial charge >= 0.3 is 0 Å². The molecule has 0 aliphatic heterocycles. The van der Waals surface area contributed by atoms with E-state index in [-0.39, 0.29) is 0 Å². The first-order valence-electron chi connectivity index (χ1n) is 5.17. The Hall–Kier alpha value is -0.800. The molecule has 0 fully saturated rings. The van der Waals surface area contributed by atoms with Crippen LogP contribution in [0.4, 0.5) is 0 Å². The van der Waals surface area contributed by atoms with Crippen LogP contribution in [-0.4, -0.2) is 11.1 Å². The van der Waals surface area contributed by atoms with Gasteiger partial charge in [-0.1, -0.05) is 11.6 Å². The molecule has 2 nitrogen and oxygen atoms in total. The number of rotatable bonds is 3. The number of fused-ring (bicyclic) bond motifs is 1. The summed E-state index contributed by atoms with van der Waals surface area (Å²) in [6.07, 6.45) is 3.16. The fraction of sp³-hybridized carbons (Fsp3) is 0.333. The van der Waals surface area contributed by atoms with Crippen molar-refractivity contribution in [2.24, 2.45) is 5.73 Å². The highest BCUT2D eigenvalue weighted by Gasteiger charge is 2.05. The predicted molar refractivity (Wildman–Crippen MR) is 68.0 cm³/mol. The molecule has 2 N–H and O–H groups in total. The molecule has 0 unspecified atom stereocenters. The van der Waals surface area contributed by atoms with Gasteiger partial charge in [0.2, 0.25) is 0 Å². The van der Waals surface area contributed by atoms with E-state index in [9.17, 15) is 0 Å². The average molecular weight is 267 g/mol. The molecule has 3 heteroatoms. The highest BCUT2D eigenvalue weighted by Crippen LogP contribution is 2.27. The smallest absolute Gasteiger partial charge is 0.0492 e. The Balaban J connectivity index is 2.48. The van der Waals surface area contributed by atoms with E-state index in [0.717, 1.165) is 19.5 Å². The van der Waals surface area contributed by atoms with Gasteiger partial charge in [-0.3, -0.25) is 0 Å². The molecular formula is C12H15BrN2. The number of aromatic nitrogens is 1. The molecule has 0 aliphatic rings. The highest BCUT2D eigenvalue weighted by atomic mass is 79.9. The maximum absolute atomic E-state index is 5.53. The quantitative estimate of drug-likeness (QED) is 0.910. The van der Waals surface area contributed by atoms with Gasteiger partial charge in [-0.2, -0.15) is 0 Å². The van der Waals surface area contributed by atoms with Crippen molar-refractivity contribution < 1.29 is 0 Å². The number of nitrogens with two attached hydrogens (primary N) is 1. The Morgan fingerprint density at radius 3 is 2.93 bits per heavy atom. The Kier molecular flexibility index (Phi) is 3.12. The fourth-order valence-corrected chi connectivity index (χ4v) is 2.38. The second kappa shape index (κ2) is 4.37. The van der Waals surface area contributed by atoms with E-state index in [1.54, 1.807) is 0 Å². The van der Waals surface area contributed by atoms with Crippen molar-refractivity contribution in [1.82, 2.24) is 4.57 Å². The van der Waals surface area contributed by atoms with E-state index in [1.165, 1.54) is 20.9 Å². The molecule has 1 heterocycles. The zero-order valence-corrected chi connectivity index (χ0v) is 10.4. The van der Waals surface area contributed by atoms with E-state index in [4.69, 9.17) is 5.73 Å². The van der Waals surface area contributed by atoms with Crippen LogP contribution in [0.15, 0.2) is 28.9 Å². The summed E-state index contributed by atoms with van der Waals surface area (Å²) < 4.78 is 3.42. The lowest BCUT2D eigenvalue weighted by Crippen LogP contribution is -2.04. The molecule has 0 amide bonds. The van der Waals surface area contributed by atoms with Crippen LogP contribution in [0, 0.1) is 6.92 Å². The summed E-state index contributed by atoms with van der Waals surface area (Å²) in [6, 6.07) is 6.53. The van der Waals surface area contributed by atoms with E-state index < -0.39 is 0 Å². The van der Waals surface area contributed by atoms with Crippen LogP contribution in [0.2, 0.25) is 0 Å². The molecule has 2 rings (SSSR count). The highest BCUT2D eigenvalue weighted by molar-refractivity contribution is 9.10. The average Bonchev–Trinajstić information content (AvgIpc) is 2.53. The number of hydrogen-bond donors (Lipinski definition) is 1. The van der Waals surface area contributed by atoms with Gasteiger partial charge in [-0.15, -0.1) is 0 Å². The first kappa shape index (κ1) is 10.7. The predicted octanol–water partition coefficient (Wildman–Crippen LogP) is 3.06. The van der Waals surface area contributed by atoms with E-state index in [1.807, 2.05) is 0 Å². The lowest BCUT2D eigenvalue weighted by molar-refractivity contribution is 0.670. The first-order valence-corrected chi connectivity index (χ1v) is 5.96. The molecule has 1 aromatic carbocycles. The zero-order chi connectivity index (χ0) is 10.8. The van der Waals surface area contributed by atoms with Crippen molar-refractivity contribution in [3.05, 3.63) is 34.4 Å². The van der Waals surface area contributed by atoms with Gasteiger partial charge < -0.3 is 10.3 Å². The van der Waals surface area contributed by atoms with Gasteiger partial charge in [0, 0.05) is 28.1 Å². The third kappa shape index (κ3) is 2.08. The lowest BCUT2D eigenvalue weighted by Gasteiger charge is -2.03. The van der Waals surface area contributed by atoms with Crippen molar-refractivity contribution >= 4 is 26.8 Å². The monoisotopic (exact) mass is 266 g/mol. The van der Waals surface area contributed by atoms with Crippen LogP contribution >= 0.6 is 15.9 Å². The topological polar surface area (TPSA) is 30.9 Å². The minimum absolute atomic E-state index is 0.739. The maximum Gasteiger partial charge on any atom is 0.0492 e. The van der Waals surface area contributed by atoms with Crippen molar-refractivity contribution in [3.8, 4) is 0 Å². The molecule has 15 heavy (non-hydrogen) atoms. The lowest BCUT2D eigenvalue weighted by atomic mass is 10.2. The standard InChI is InChI=1S/C12H15BrN2/c1-9-3-4-12-10(7-9)11(13)8-15(12)6-2-5-14/h3-4,7-8H,2,5-6,14H2,1H3. The summed E-state index contributed by atoms with van der Waals surface area (Å²) in [6.45, 7) is 3.84. The van der Waals surface area contributed by atoms with Gasteiger partial charge in [0.1, 0.15) is 0 Å². The van der Waals surface area contributed by atoms with Crippen LogP contribution in [-0.2, 0) is 6.54 Å². The molecule has 0 saturated heterocycles. The van der Waals surface area contributed by atoms with Crippen LogP contribution < -0.4 is 5.73 Å². The van der Waals surface area contributed by atoms with Gasteiger partial charge in [-0.05, 0) is 48.0 Å². The third-order valence-corrected chi connectivity index (χ3v) is 3.22. The van der Waals surface area contributed by atoms with E-state index >= 15 is 0 Å². The van der Waals surface area contributed by atoms with Crippen LogP contribution in [0.5, 0.6) is 0 Å². The van der Waals surface area contributed by atoms with Gasteiger partial charge in [0.25, 0.3) is 0 Å². The molecule has 0 saturated carbocycles. The van der Waals surface area contributed by atoms with Gasteiger partial charge in [-0.25, -0.2) is 0 Å². The molecule has 0 aliphatic carbocycles. The minimum atomic E-state index is 0.739. The molecule has 2 aromatic rings. The number of hydrogen-bond acceptors (Lipinski definition) is 1. The Morgan fingerprint density at radius 1 is 1.40 bits per heavy atom. The van der Waals surface area contributed by atoms with Crippen molar-refractivity contribution in [3.63, 3.8) is 0 Å². The van der Waals surface area contributed by atoms with E-state index in [2.05, 4.69) is 51.8 Å².